The Kier molecular flexibility index (Phi) is 4.32. The average Bonchev–Trinajstić information content (AvgIpc) is 2.78. The number of benzene rings is 1. The molecule has 19 heavy (non-hydrogen) atoms. The van der Waals surface area contributed by atoms with Crippen molar-refractivity contribution in [3.05, 3.63) is 23.8 Å². The highest BCUT2D eigenvalue weighted by Crippen LogP contribution is 2.38. The Balaban J connectivity index is 2.44. The second kappa shape index (κ2) is 5.80. The van der Waals surface area contributed by atoms with Gasteiger partial charge in [-0.2, -0.15) is 0 Å². The summed E-state index contributed by atoms with van der Waals surface area (Å²) < 4.78 is 5.43. The van der Waals surface area contributed by atoms with Gasteiger partial charge >= 0.3 is 0 Å². The summed E-state index contributed by atoms with van der Waals surface area (Å²) in [7, 11) is 1.67. The molecule has 1 aliphatic heterocycles. The standard InChI is InChI=1S/C15H24N2O2/c1-10-7-8-17(13(10)9-18)12-5-4-6-14(19-3)15(12)11(2)16/h4-6,10-11,13,18H,7-9,16H2,1-3H3/t10?,11-,13?/m0/s1. The predicted molar refractivity (Wildman–Crippen MR) is 77.6 cm³/mol. The summed E-state index contributed by atoms with van der Waals surface area (Å²) in [5.74, 6) is 1.32. The third kappa shape index (κ3) is 2.55. The summed E-state index contributed by atoms with van der Waals surface area (Å²) in [5.41, 5.74) is 8.23. The van der Waals surface area contributed by atoms with E-state index >= 15 is 0 Å². The van der Waals surface area contributed by atoms with Crippen molar-refractivity contribution in [3.63, 3.8) is 0 Å². The van der Waals surface area contributed by atoms with Crippen LogP contribution in [-0.4, -0.2) is 31.4 Å². The lowest BCUT2D eigenvalue weighted by Crippen LogP contribution is -2.36. The zero-order valence-electron chi connectivity index (χ0n) is 12.0. The monoisotopic (exact) mass is 264 g/mol. The van der Waals surface area contributed by atoms with Gasteiger partial charge in [0.25, 0.3) is 0 Å². The van der Waals surface area contributed by atoms with E-state index in [4.69, 9.17) is 10.5 Å². The normalized spacial score (nSPS) is 24.6. The molecule has 0 bridgehead atoms. The number of aliphatic hydroxyl groups is 1. The van der Waals surface area contributed by atoms with Crippen molar-refractivity contribution in [1.29, 1.82) is 0 Å². The molecule has 1 heterocycles. The molecule has 0 saturated carbocycles. The van der Waals surface area contributed by atoms with Crippen molar-refractivity contribution in [2.45, 2.75) is 32.4 Å². The van der Waals surface area contributed by atoms with Crippen LogP contribution in [0.3, 0.4) is 0 Å². The Labute approximate surface area is 115 Å². The van der Waals surface area contributed by atoms with Crippen molar-refractivity contribution in [2.75, 3.05) is 25.2 Å². The Morgan fingerprint density at radius 2 is 2.26 bits per heavy atom. The summed E-state index contributed by atoms with van der Waals surface area (Å²) in [4.78, 5) is 2.27. The highest BCUT2D eigenvalue weighted by atomic mass is 16.5. The minimum absolute atomic E-state index is 0.0959. The minimum Gasteiger partial charge on any atom is -0.496 e. The number of hydrogen-bond acceptors (Lipinski definition) is 4. The predicted octanol–water partition coefficient (Wildman–Crippen LogP) is 1.92. The van der Waals surface area contributed by atoms with E-state index in [9.17, 15) is 5.11 Å². The topological polar surface area (TPSA) is 58.7 Å². The molecular formula is C15H24N2O2. The third-order valence-electron chi connectivity index (χ3n) is 4.10. The number of methoxy groups -OCH3 is 1. The van der Waals surface area contributed by atoms with Crippen molar-refractivity contribution in [2.24, 2.45) is 11.7 Å². The summed E-state index contributed by atoms with van der Waals surface area (Å²) in [6, 6.07) is 6.07. The van der Waals surface area contributed by atoms with E-state index in [0.29, 0.717) is 5.92 Å². The van der Waals surface area contributed by atoms with Crippen LogP contribution in [0.5, 0.6) is 5.75 Å². The summed E-state index contributed by atoms with van der Waals surface area (Å²) >= 11 is 0. The number of aliphatic hydroxyl groups excluding tert-OH is 1. The third-order valence-corrected chi connectivity index (χ3v) is 4.10. The van der Waals surface area contributed by atoms with Crippen LogP contribution >= 0.6 is 0 Å². The van der Waals surface area contributed by atoms with Gasteiger partial charge in [-0.3, -0.25) is 0 Å². The fraction of sp³-hybridized carbons (Fsp3) is 0.600. The fourth-order valence-corrected chi connectivity index (χ4v) is 3.00. The first kappa shape index (κ1) is 14.2. The van der Waals surface area contributed by atoms with Crippen LogP contribution in [0.2, 0.25) is 0 Å². The Morgan fingerprint density at radius 1 is 1.53 bits per heavy atom. The second-order valence-electron chi connectivity index (χ2n) is 5.39. The molecule has 3 N–H and O–H groups in total. The van der Waals surface area contributed by atoms with Crippen LogP contribution in [0, 0.1) is 5.92 Å². The first-order valence-corrected chi connectivity index (χ1v) is 6.90. The van der Waals surface area contributed by atoms with Crippen LogP contribution in [-0.2, 0) is 0 Å². The van der Waals surface area contributed by atoms with E-state index in [0.717, 1.165) is 30.0 Å². The van der Waals surface area contributed by atoms with Gasteiger partial charge in [-0.15, -0.1) is 0 Å². The highest BCUT2D eigenvalue weighted by molar-refractivity contribution is 5.62. The molecule has 0 aliphatic carbocycles. The lowest BCUT2D eigenvalue weighted by Gasteiger charge is -2.31. The second-order valence-corrected chi connectivity index (χ2v) is 5.39. The Hall–Kier alpha value is -1.26. The molecular weight excluding hydrogens is 240 g/mol. The number of ether oxygens (including phenoxy) is 1. The van der Waals surface area contributed by atoms with Crippen molar-refractivity contribution >= 4 is 5.69 Å². The zero-order valence-corrected chi connectivity index (χ0v) is 12.0. The molecule has 4 heteroatoms. The summed E-state index contributed by atoms with van der Waals surface area (Å²) in [6.45, 7) is 5.29. The van der Waals surface area contributed by atoms with E-state index < -0.39 is 0 Å². The van der Waals surface area contributed by atoms with Gasteiger partial charge in [0.1, 0.15) is 5.75 Å². The van der Waals surface area contributed by atoms with Crippen molar-refractivity contribution in [1.82, 2.24) is 0 Å². The maximum Gasteiger partial charge on any atom is 0.125 e. The summed E-state index contributed by atoms with van der Waals surface area (Å²) in [6.07, 6.45) is 1.10. The lowest BCUT2D eigenvalue weighted by atomic mass is 10.0. The largest absolute Gasteiger partial charge is 0.496 e. The van der Waals surface area contributed by atoms with E-state index in [1.807, 2.05) is 19.1 Å². The number of rotatable bonds is 4. The molecule has 4 nitrogen and oxygen atoms in total. The average molecular weight is 264 g/mol. The quantitative estimate of drug-likeness (QED) is 0.872. The number of nitrogens with two attached hydrogens (primary N) is 1. The molecule has 0 amide bonds. The van der Waals surface area contributed by atoms with Gasteiger partial charge in [0.2, 0.25) is 0 Å². The highest BCUT2D eigenvalue weighted by Gasteiger charge is 2.32. The molecule has 0 aromatic heterocycles. The van der Waals surface area contributed by atoms with Crippen LogP contribution < -0.4 is 15.4 Å². The molecule has 106 valence electrons. The molecule has 3 atom stereocenters. The van der Waals surface area contributed by atoms with Crippen LogP contribution in [0.15, 0.2) is 18.2 Å². The lowest BCUT2D eigenvalue weighted by molar-refractivity contribution is 0.244. The fourth-order valence-electron chi connectivity index (χ4n) is 3.00. The molecule has 0 spiro atoms. The first-order valence-electron chi connectivity index (χ1n) is 6.90. The smallest absolute Gasteiger partial charge is 0.125 e. The zero-order chi connectivity index (χ0) is 14.0. The van der Waals surface area contributed by atoms with Gasteiger partial charge in [-0.1, -0.05) is 13.0 Å². The van der Waals surface area contributed by atoms with Gasteiger partial charge in [0, 0.05) is 23.8 Å². The van der Waals surface area contributed by atoms with Crippen molar-refractivity contribution < 1.29 is 9.84 Å². The molecule has 1 aromatic rings. The van der Waals surface area contributed by atoms with Crippen LogP contribution in [0.25, 0.3) is 0 Å². The molecule has 0 radical (unpaired) electrons. The van der Waals surface area contributed by atoms with Gasteiger partial charge in [-0.05, 0) is 31.4 Å². The van der Waals surface area contributed by atoms with Crippen LogP contribution in [0.4, 0.5) is 5.69 Å². The molecule has 2 unspecified atom stereocenters. The van der Waals surface area contributed by atoms with E-state index in [2.05, 4.69) is 17.9 Å². The van der Waals surface area contributed by atoms with E-state index in [1.165, 1.54) is 0 Å². The van der Waals surface area contributed by atoms with Gasteiger partial charge in [0.05, 0.1) is 19.8 Å². The molecule has 1 fully saturated rings. The Morgan fingerprint density at radius 3 is 2.84 bits per heavy atom. The molecule has 1 aliphatic rings. The first-order chi connectivity index (χ1) is 9.10. The Bertz CT molecular complexity index is 434. The maximum absolute atomic E-state index is 9.62. The van der Waals surface area contributed by atoms with E-state index in [-0.39, 0.29) is 18.7 Å². The number of anilines is 1. The number of hydrogen-bond donors (Lipinski definition) is 2. The van der Waals surface area contributed by atoms with Gasteiger partial charge in [0.15, 0.2) is 0 Å². The van der Waals surface area contributed by atoms with Gasteiger partial charge < -0.3 is 20.5 Å². The van der Waals surface area contributed by atoms with E-state index in [1.54, 1.807) is 7.11 Å². The summed E-state index contributed by atoms with van der Waals surface area (Å²) in [5, 5.41) is 9.62. The SMILES string of the molecule is COc1cccc(N2CCC(C)C2CO)c1[C@H](C)N. The molecule has 1 aromatic carbocycles. The minimum atomic E-state index is -0.0959. The van der Waals surface area contributed by atoms with Gasteiger partial charge in [-0.25, -0.2) is 0 Å². The molecule has 1 saturated heterocycles. The van der Waals surface area contributed by atoms with Crippen molar-refractivity contribution in [3.8, 4) is 5.75 Å². The van der Waals surface area contributed by atoms with Crippen LogP contribution in [0.1, 0.15) is 31.9 Å². The number of nitrogens with zero attached hydrogens (tertiary/aromatic N) is 1. The molecule has 2 rings (SSSR count). The maximum atomic E-state index is 9.62.